The van der Waals surface area contributed by atoms with Gasteiger partial charge in [-0.3, -0.25) is 0 Å². The van der Waals surface area contributed by atoms with Gasteiger partial charge in [0.15, 0.2) is 0 Å². The molecule has 0 amide bonds. The molecule has 0 saturated heterocycles. The standard InChI is InChI=1S/C56H53N3/c1-55(2,3)43-34-30-41(31-35-43)52-28-19-29-53(42-32-36-44(37-33-42)56(4,5)6)54(52)57-45-38-50(58(46-20-11-7-12-21-46)47-22-13-8-14-23-47)40-51(39-45)59(48-24-15-9-16-25-48)49-26-17-10-18-27-49/h7-40,57H,1-6H3. The first kappa shape index (κ1) is 39.0. The summed E-state index contributed by atoms with van der Waals surface area (Å²) in [7, 11) is 0. The second kappa shape index (κ2) is 16.6. The Labute approximate surface area is 351 Å². The summed E-state index contributed by atoms with van der Waals surface area (Å²) >= 11 is 0. The smallest absolute Gasteiger partial charge is 0.0543 e. The van der Waals surface area contributed by atoms with Crippen LogP contribution in [-0.2, 0) is 10.8 Å². The molecular formula is C56H53N3. The maximum atomic E-state index is 4.07. The van der Waals surface area contributed by atoms with E-state index in [-0.39, 0.29) is 10.8 Å². The summed E-state index contributed by atoms with van der Waals surface area (Å²) in [4.78, 5) is 4.68. The van der Waals surface area contributed by atoms with Crippen LogP contribution in [0.3, 0.4) is 0 Å². The first-order valence-corrected chi connectivity index (χ1v) is 20.6. The molecule has 0 aliphatic rings. The third kappa shape index (κ3) is 8.71. The molecule has 0 radical (unpaired) electrons. The minimum Gasteiger partial charge on any atom is -0.354 e. The number of rotatable bonds is 10. The van der Waals surface area contributed by atoms with Gasteiger partial charge in [-0.1, -0.05) is 181 Å². The third-order valence-corrected chi connectivity index (χ3v) is 10.9. The molecule has 292 valence electrons. The van der Waals surface area contributed by atoms with E-state index in [1.165, 1.54) is 11.1 Å². The highest BCUT2D eigenvalue weighted by Gasteiger charge is 2.22. The molecule has 0 fully saturated rings. The largest absolute Gasteiger partial charge is 0.354 e. The fraction of sp³-hybridized carbons (Fsp3) is 0.143. The maximum Gasteiger partial charge on any atom is 0.0543 e. The normalized spacial score (nSPS) is 11.6. The lowest BCUT2D eigenvalue weighted by Gasteiger charge is -2.30. The van der Waals surface area contributed by atoms with Crippen LogP contribution in [0.4, 0.5) is 45.5 Å². The van der Waals surface area contributed by atoms with Crippen LogP contribution in [0.1, 0.15) is 52.7 Å². The fourth-order valence-corrected chi connectivity index (χ4v) is 7.74. The van der Waals surface area contributed by atoms with Gasteiger partial charge in [0.05, 0.1) is 17.1 Å². The van der Waals surface area contributed by atoms with Crippen molar-refractivity contribution in [3.8, 4) is 22.3 Å². The van der Waals surface area contributed by atoms with Gasteiger partial charge in [-0.25, -0.2) is 0 Å². The van der Waals surface area contributed by atoms with Crippen LogP contribution < -0.4 is 15.1 Å². The van der Waals surface area contributed by atoms with Crippen LogP contribution in [0.5, 0.6) is 0 Å². The van der Waals surface area contributed by atoms with Crippen LogP contribution in [-0.4, -0.2) is 0 Å². The Morgan fingerprint density at radius 3 is 0.949 bits per heavy atom. The molecule has 0 heterocycles. The average molecular weight is 768 g/mol. The molecule has 59 heavy (non-hydrogen) atoms. The van der Waals surface area contributed by atoms with E-state index in [0.29, 0.717) is 0 Å². The number of anilines is 8. The number of hydrogen-bond acceptors (Lipinski definition) is 3. The number of hydrogen-bond donors (Lipinski definition) is 1. The van der Waals surface area contributed by atoms with Crippen LogP contribution >= 0.6 is 0 Å². The van der Waals surface area contributed by atoms with Crippen molar-refractivity contribution in [2.24, 2.45) is 0 Å². The number of nitrogens with zero attached hydrogens (tertiary/aromatic N) is 2. The molecule has 3 nitrogen and oxygen atoms in total. The van der Waals surface area contributed by atoms with Crippen molar-refractivity contribution in [3.05, 3.63) is 217 Å². The molecule has 0 aromatic heterocycles. The second-order valence-electron chi connectivity index (χ2n) is 17.3. The first-order valence-electron chi connectivity index (χ1n) is 20.6. The number of benzene rings is 8. The molecule has 3 heteroatoms. The van der Waals surface area contributed by atoms with E-state index in [4.69, 9.17) is 0 Å². The summed E-state index contributed by atoms with van der Waals surface area (Å²) in [5.74, 6) is 0. The van der Waals surface area contributed by atoms with E-state index in [1.54, 1.807) is 0 Å². The van der Waals surface area contributed by atoms with Crippen LogP contribution in [0.25, 0.3) is 22.3 Å². The van der Waals surface area contributed by atoms with Crippen molar-refractivity contribution in [2.45, 2.75) is 52.4 Å². The highest BCUT2D eigenvalue weighted by Crippen LogP contribution is 2.45. The number of nitrogens with one attached hydrogen (secondary N) is 1. The van der Waals surface area contributed by atoms with E-state index >= 15 is 0 Å². The predicted octanol–water partition coefficient (Wildman–Crippen LogP) is 16.3. The SMILES string of the molecule is CC(C)(C)c1ccc(-c2cccc(-c3ccc(C(C)(C)C)cc3)c2Nc2cc(N(c3ccccc3)c3ccccc3)cc(N(c3ccccc3)c3ccccc3)c2)cc1. The van der Waals surface area contributed by atoms with Crippen molar-refractivity contribution >= 4 is 45.5 Å². The minimum absolute atomic E-state index is 0.0554. The summed E-state index contributed by atoms with van der Waals surface area (Å²) in [6.07, 6.45) is 0. The summed E-state index contributed by atoms with van der Waals surface area (Å²) in [5, 5.41) is 4.07. The van der Waals surface area contributed by atoms with Gasteiger partial charge in [-0.15, -0.1) is 0 Å². The zero-order valence-electron chi connectivity index (χ0n) is 35.0. The van der Waals surface area contributed by atoms with Crippen LogP contribution in [0, 0.1) is 0 Å². The Balaban J connectivity index is 1.37. The van der Waals surface area contributed by atoms with Gasteiger partial charge >= 0.3 is 0 Å². The maximum absolute atomic E-state index is 4.07. The molecule has 8 aromatic rings. The Bertz CT molecular complexity index is 2350. The first-order chi connectivity index (χ1) is 28.5. The monoisotopic (exact) mass is 767 g/mol. The van der Waals surface area contributed by atoms with E-state index < -0.39 is 0 Å². The molecule has 0 spiro atoms. The highest BCUT2D eigenvalue weighted by atomic mass is 15.2. The van der Waals surface area contributed by atoms with Gasteiger partial charge in [0.25, 0.3) is 0 Å². The topological polar surface area (TPSA) is 18.5 Å². The number of para-hydroxylation sites is 5. The molecule has 0 atom stereocenters. The van der Waals surface area contributed by atoms with Gasteiger partial charge in [0.1, 0.15) is 0 Å². The Morgan fingerprint density at radius 1 is 0.322 bits per heavy atom. The fourth-order valence-electron chi connectivity index (χ4n) is 7.74. The Hall–Kier alpha value is -6.84. The van der Waals surface area contributed by atoms with Crippen molar-refractivity contribution < 1.29 is 0 Å². The zero-order chi connectivity index (χ0) is 41.0. The molecule has 1 N–H and O–H groups in total. The molecule has 0 saturated carbocycles. The lowest BCUT2D eigenvalue weighted by molar-refractivity contribution is 0.590. The summed E-state index contributed by atoms with van der Waals surface area (Å²) in [5.41, 5.74) is 15.7. The highest BCUT2D eigenvalue weighted by molar-refractivity contribution is 5.95. The molecule has 0 aliphatic carbocycles. The second-order valence-corrected chi connectivity index (χ2v) is 17.3. The van der Waals surface area contributed by atoms with Gasteiger partial charge in [0, 0.05) is 39.6 Å². The Morgan fingerprint density at radius 2 is 0.644 bits per heavy atom. The van der Waals surface area contributed by atoms with Crippen molar-refractivity contribution in [2.75, 3.05) is 15.1 Å². The molecule has 8 rings (SSSR count). The minimum atomic E-state index is 0.0554. The van der Waals surface area contributed by atoms with Crippen molar-refractivity contribution in [3.63, 3.8) is 0 Å². The third-order valence-electron chi connectivity index (χ3n) is 10.9. The summed E-state index contributed by atoms with van der Waals surface area (Å²) in [6, 6.07) is 74.3. The molecule has 8 aromatic carbocycles. The lowest BCUT2D eigenvalue weighted by atomic mass is 9.85. The molecular weight excluding hydrogens is 715 g/mol. The quantitative estimate of drug-likeness (QED) is 0.150. The van der Waals surface area contributed by atoms with Gasteiger partial charge in [0.2, 0.25) is 0 Å². The predicted molar refractivity (Wildman–Crippen MR) is 254 cm³/mol. The Kier molecular flexibility index (Phi) is 10.9. The summed E-state index contributed by atoms with van der Waals surface area (Å²) < 4.78 is 0. The van der Waals surface area contributed by atoms with E-state index in [1.807, 2.05) is 0 Å². The molecule has 0 bridgehead atoms. The van der Waals surface area contributed by atoms with Gasteiger partial charge in [-0.2, -0.15) is 0 Å². The van der Waals surface area contributed by atoms with Gasteiger partial charge in [-0.05, 0) is 99.8 Å². The zero-order valence-corrected chi connectivity index (χ0v) is 35.0. The molecule has 0 aliphatic heterocycles. The van der Waals surface area contributed by atoms with Crippen LogP contribution in [0.15, 0.2) is 206 Å². The van der Waals surface area contributed by atoms with Crippen molar-refractivity contribution in [1.29, 1.82) is 0 Å². The lowest BCUT2D eigenvalue weighted by Crippen LogP contribution is -2.14. The van der Waals surface area contributed by atoms with E-state index in [9.17, 15) is 0 Å². The van der Waals surface area contributed by atoms with Crippen LogP contribution in [0.2, 0.25) is 0 Å². The van der Waals surface area contributed by atoms with Gasteiger partial charge < -0.3 is 15.1 Å². The van der Waals surface area contributed by atoms with Crippen molar-refractivity contribution in [1.82, 2.24) is 0 Å². The average Bonchev–Trinajstić information content (AvgIpc) is 3.25. The van der Waals surface area contributed by atoms with E-state index in [2.05, 4.69) is 263 Å². The molecule has 0 unspecified atom stereocenters. The summed E-state index contributed by atoms with van der Waals surface area (Å²) in [6.45, 7) is 13.6. The van der Waals surface area contributed by atoms with E-state index in [0.717, 1.165) is 67.8 Å².